The molecule has 0 aromatic heterocycles. The number of anilines is 1. The summed E-state index contributed by atoms with van der Waals surface area (Å²) in [7, 11) is 0. The van der Waals surface area contributed by atoms with Crippen molar-refractivity contribution in [3.05, 3.63) is 107 Å². The number of hydrogen-bond donors (Lipinski definition) is 1. The molecule has 0 saturated heterocycles. The Morgan fingerprint density at radius 3 is 2.39 bits per heavy atom. The van der Waals surface area contributed by atoms with E-state index in [1.54, 1.807) is 23.1 Å². The molecule has 4 nitrogen and oxygen atoms in total. The zero-order chi connectivity index (χ0) is 23.0. The number of nitrogens with zero attached hydrogens (tertiary/aromatic N) is 1. The van der Waals surface area contributed by atoms with Gasteiger partial charge in [-0.15, -0.1) is 0 Å². The number of rotatable bonds is 9. The normalized spacial score (nSPS) is 13.1. The largest absolute Gasteiger partial charge is 0.356 e. The SMILES string of the molecule is O=C(Cc1ccc(N(Cc2cccc(F)c2)C(=O)C=Cc2ccccc2)cc1)NCC1CC1. The number of nitrogens with one attached hydrogen (secondary N) is 1. The van der Waals surface area contributed by atoms with E-state index >= 15 is 0 Å². The predicted molar refractivity (Wildman–Crippen MR) is 129 cm³/mol. The maximum atomic E-state index is 13.7. The van der Waals surface area contributed by atoms with E-state index in [0.29, 0.717) is 23.6 Å². The van der Waals surface area contributed by atoms with Gasteiger partial charge >= 0.3 is 0 Å². The van der Waals surface area contributed by atoms with Crippen LogP contribution in [0.1, 0.15) is 29.5 Å². The lowest BCUT2D eigenvalue weighted by molar-refractivity contribution is -0.120. The molecular formula is C28H27FN2O2. The third-order valence-electron chi connectivity index (χ3n) is 5.61. The standard InChI is InChI=1S/C28H27FN2O2/c29-25-8-4-7-24(17-25)20-31(28(33)16-13-21-5-2-1-3-6-21)26-14-11-22(12-15-26)18-27(32)30-19-23-9-10-23/h1-8,11-17,23H,9-10,18-20H2,(H,30,32). The van der Waals surface area contributed by atoms with Crippen LogP contribution in [0, 0.1) is 11.7 Å². The molecule has 33 heavy (non-hydrogen) atoms. The molecule has 1 aliphatic rings. The van der Waals surface area contributed by atoms with Crippen molar-refractivity contribution in [2.45, 2.75) is 25.8 Å². The van der Waals surface area contributed by atoms with Gasteiger partial charge in [-0.25, -0.2) is 4.39 Å². The molecule has 0 atom stereocenters. The van der Waals surface area contributed by atoms with Crippen LogP contribution in [0.25, 0.3) is 6.08 Å². The Morgan fingerprint density at radius 1 is 0.939 bits per heavy atom. The quantitative estimate of drug-likeness (QED) is 0.467. The molecule has 1 fully saturated rings. The molecule has 0 heterocycles. The molecule has 1 aliphatic carbocycles. The Labute approximate surface area is 193 Å². The van der Waals surface area contributed by atoms with Crippen molar-refractivity contribution in [3.8, 4) is 0 Å². The smallest absolute Gasteiger partial charge is 0.251 e. The Balaban J connectivity index is 1.49. The van der Waals surface area contributed by atoms with Crippen molar-refractivity contribution in [2.75, 3.05) is 11.4 Å². The van der Waals surface area contributed by atoms with Crippen LogP contribution in [0.5, 0.6) is 0 Å². The topological polar surface area (TPSA) is 49.4 Å². The zero-order valence-corrected chi connectivity index (χ0v) is 18.4. The van der Waals surface area contributed by atoms with E-state index in [2.05, 4.69) is 5.32 Å². The third kappa shape index (κ3) is 6.88. The highest BCUT2D eigenvalue weighted by Crippen LogP contribution is 2.27. The van der Waals surface area contributed by atoms with Gasteiger partial charge in [-0.1, -0.05) is 54.6 Å². The summed E-state index contributed by atoms with van der Waals surface area (Å²) in [5.41, 5.74) is 3.18. The number of amides is 2. The van der Waals surface area contributed by atoms with Crippen LogP contribution in [0.15, 0.2) is 84.9 Å². The lowest BCUT2D eigenvalue weighted by Gasteiger charge is -2.22. The number of hydrogen-bond acceptors (Lipinski definition) is 2. The molecule has 5 heteroatoms. The fourth-order valence-electron chi connectivity index (χ4n) is 3.56. The highest BCUT2D eigenvalue weighted by atomic mass is 19.1. The summed E-state index contributed by atoms with van der Waals surface area (Å²) in [6.45, 7) is 0.984. The maximum Gasteiger partial charge on any atom is 0.251 e. The first-order valence-corrected chi connectivity index (χ1v) is 11.2. The molecule has 0 bridgehead atoms. The first-order valence-electron chi connectivity index (χ1n) is 11.2. The second-order valence-electron chi connectivity index (χ2n) is 8.39. The number of carbonyl (C=O) groups is 2. The molecular weight excluding hydrogens is 415 g/mol. The lowest BCUT2D eigenvalue weighted by atomic mass is 10.1. The average Bonchev–Trinajstić information content (AvgIpc) is 3.66. The minimum atomic E-state index is -0.340. The van der Waals surface area contributed by atoms with E-state index in [4.69, 9.17) is 0 Å². The second-order valence-corrected chi connectivity index (χ2v) is 8.39. The van der Waals surface area contributed by atoms with Gasteiger partial charge in [-0.05, 0) is 65.8 Å². The van der Waals surface area contributed by atoms with E-state index in [1.807, 2.05) is 54.6 Å². The van der Waals surface area contributed by atoms with Crippen molar-refractivity contribution < 1.29 is 14.0 Å². The Bertz CT molecular complexity index is 1120. The first kappa shape index (κ1) is 22.5. The minimum absolute atomic E-state index is 0.00753. The molecule has 0 unspecified atom stereocenters. The predicted octanol–water partition coefficient (Wildman–Crippen LogP) is 5.14. The summed E-state index contributed by atoms with van der Waals surface area (Å²) in [6, 6.07) is 23.2. The van der Waals surface area contributed by atoms with Gasteiger partial charge in [0.1, 0.15) is 5.82 Å². The van der Waals surface area contributed by atoms with E-state index in [1.165, 1.54) is 31.1 Å². The summed E-state index contributed by atoms with van der Waals surface area (Å²) in [5.74, 6) is 0.0983. The summed E-state index contributed by atoms with van der Waals surface area (Å²) < 4.78 is 13.7. The fourth-order valence-corrected chi connectivity index (χ4v) is 3.56. The summed E-state index contributed by atoms with van der Waals surface area (Å²) in [5, 5.41) is 2.97. The van der Waals surface area contributed by atoms with Crippen LogP contribution in [0.3, 0.4) is 0 Å². The fraction of sp³-hybridized carbons (Fsp3) is 0.214. The molecule has 0 radical (unpaired) electrons. The van der Waals surface area contributed by atoms with E-state index in [9.17, 15) is 14.0 Å². The van der Waals surface area contributed by atoms with Gasteiger partial charge in [-0.2, -0.15) is 0 Å². The molecule has 0 aliphatic heterocycles. The van der Waals surface area contributed by atoms with Gasteiger partial charge < -0.3 is 10.2 Å². The van der Waals surface area contributed by atoms with Gasteiger partial charge in [0.15, 0.2) is 0 Å². The number of halogens is 1. The highest BCUT2D eigenvalue weighted by Gasteiger charge is 2.21. The lowest BCUT2D eigenvalue weighted by Crippen LogP contribution is -2.29. The van der Waals surface area contributed by atoms with Gasteiger partial charge in [0.05, 0.1) is 13.0 Å². The molecule has 2 amide bonds. The number of benzene rings is 3. The minimum Gasteiger partial charge on any atom is -0.356 e. The van der Waals surface area contributed by atoms with Crippen molar-refractivity contribution in [2.24, 2.45) is 5.92 Å². The van der Waals surface area contributed by atoms with Crippen molar-refractivity contribution >= 4 is 23.6 Å². The summed E-state index contributed by atoms with van der Waals surface area (Å²) in [4.78, 5) is 26.9. The van der Waals surface area contributed by atoms with Crippen LogP contribution in [0.4, 0.5) is 10.1 Å². The monoisotopic (exact) mass is 442 g/mol. The van der Waals surface area contributed by atoms with Crippen LogP contribution < -0.4 is 10.2 Å². The van der Waals surface area contributed by atoms with Crippen molar-refractivity contribution in [1.29, 1.82) is 0 Å². The van der Waals surface area contributed by atoms with Crippen LogP contribution >= 0.6 is 0 Å². The van der Waals surface area contributed by atoms with E-state index in [-0.39, 0.29) is 24.2 Å². The molecule has 0 spiro atoms. The maximum absolute atomic E-state index is 13.7. The highest BCUT2D eigenvalue weighted by molar-refractivity contribution is 6.03. The summed E-state index contributed by atoms with van der Waals surface area (Å²) in [6.07, 6.45) is 5.98. The molecule has 1 N–H and O–H groups in total. The van der Waals surface area contributed by atoms with Crippen molar-refractivity contribution in [3.63, 3.8) is 0 Å². The van der Waals surface area contributed by atoms with Gasteiger partial charge in [0, 0.05) is 18.3 Å². The summed E-state index contributed by atoms with van der Waals surface area (Å²) >= 11 is 0. The number of carbonyl (C=O) groups excluding carboxylic acids is 2. The third-order valence-corrected chi connectivity index (χ3v) is 5.61. The average molecular weight is 443 g/mol. The second kappa shape index (κ2) is 10.7. The van der Waals surface area contributed by atoms with Gasteiger partial charge in [0.25, 0.3) is 5.91 Å². The van der Waals surface area contributed by atoms with Crippen molar-refractivity contribution in [1.82, 2.24) is 5.32 Å². The molecule has 1 saturated carbocycles. The molecule has 3 aromatic carbocycles. The Hall–Kier alpha value is -3.73. The van der Waals surface area contributed by atoms with Crippen LogP contribution in [0.2, 0.25) is 0 Å². The Morgan fingerprint density at radius 2 is 1.70 bits per heavy atom. The Kier molecular flexibility index (Phi) is 7.30. The van der Waals surface area contributed by atoms with Gasteiger partial charge in [-0.3, -0.25) is 9.59 Å². The molecule has 3 aromatic rings. The van der Waals surface area contributed by atoms with E-state index in [0.717, 1.165) is 17.7 Å². The van der Waals surface area contributed by atoms with E-state index < -0.39 is 0 Å². The molecule has 168 valence electrons. The van der Waals surface area contributed by atoms with Crippen LogP contribution in [-0.2, 0) is 22.6 Å². The molecule has 4 rings (SSSR count). The first-order chi connectivity index (χ1) is 16.1. The van der Waals surface area contributed by atoms with Gasteiger partial charge in [0.2, 0.25) is 5.91 Å². The zero-order valence-electron chi connectivity index (χ0n) is 18.4. The van der Waals surface area contributed by atoms with Crippen LogP contribution in [-0.4, -0.2) is 18.4 Å².